The lowest BCUT2D eigenvalue weighted by molar-refractivity contribution is -0.117. The van der Waals surface area contributed by atoms with Crippen molar-refractivity contribution in [3.8, 4) is 0 Å². The fourth-order valence-corrected chi connectivity index (χ4v) is 2.14. The molecular formula is C11H14ClNOS. The van der Waals surface area contributed by atoms with Crippen LogP contribution in [0.4, 0.5) is 0 Å². The molecule has 4 heteroatoms. The Morgan fingerprint density at radius 2 is 2.40 bits per heavy atom. The zero-order valence-corrected chi connectivity index (χ0v) is 10.4. The molecule has 0 spiro atoms. The van der Waals surface area contributed by atoms with Crippen molar-refractivity contribution in [3.05, 3.63) is 33.0 Å². The van der Waals surface area contributed by atoms with Gasteiger partial charge in [-0.15, -0.1) is 11.3 Å². The summed E-state index contributed by atoms with van der Waals surface area (Å²) in [6.07, 6.45) is 2.60. The van der Waals surface area contributed by atoms with Crippen LogP contribution in [0.3, 0.4) is 0 Å². The second kappa shape index (κ2) is 5.93. The predicted octanol–water partition coefficient (Wildman–Crippen LogP) is 3.37. The van der Waals surface area contributed by atoms with Gasteiger partial charge in [-0.1, -0.05) is 24.6 Å². The van der Waals surface area contributed by atoms with Gasteiger partial charge < -0.3 is 5.32 Å². The van der Waals surface area contributed by atoms with Crippen LogP contribution in [-0.2, 0) is 11.3 Å². The van der Waals surface area contributed by atoms with Gasteiger partial charge in [0.1, 0.15) is 0 Å². The van der Waals surface area contributed by atoms with Crippen molar-refractivity contribution in [2.24, 2.45) is 0 Å². The molecule has 1 aromatic rings. The molecule has 0 radical (unpaired) electrons. The highest BCUT2D eigenvalue weighted by atomic mass is 35.5. The van der Waals surface area contributed by atoms with E-state index in [-0.39, 0.29) is 5.91 Å². The van der Waals surface area contributed by atoms with E-state index in [1.807, 2.05) is 31.4 Å². The summed E-state index contributed by atoms with van der Waals surface area (Å²) in [5.41, 5.74) is 1.86. The van der Waals surface area contributed by atoms with Crippen molar-refractivity contribution in [1.29, 1.82) is 0 Å². The summed E-state index contributed by atoms with van der Waals surface area (Å²) < 4.78 is 0.751. The summed E-state index contributed by atoms with van der Waals surface area (Å²) >= 11 is 7.26. The molecule has 1 amide bonds. The SMILES string of the molecule is C/C=C(\CC)C(=O)NCc1csc(Cl)c1. The Morgan fingerprint density at radius 3 is 2.87 bits per heavy atom. The number of hydrogen-bond acceptors (Lipinski definition) is 2. The predicted molar refractivity (Wildman–Crippen MR) is 65.2 cm³/mol. The first-order valence-corrected chi connectivity index (χ1v) is 6.09. The molecule has 0 bridgehead atoms. The van der Waals surface area contributed by atoms with Crippen molar-refractivity contribution in [3.63, 3.8) is 0 Å². The maximum Gasteiger partial charge on any atom is 0.247 e. The molecule has 82 valence electrons. The van der Waals surface area contributed by atoms with E-state index in [2.05, 4.69) is 5.32 Å². The highest BCUT2D eigenvalue weighted by Gasteiger charge is 2.06. The first-order valence-electron chi connectivity index (χ1n) is 4.83. The Balaban J connectivity index is 2.47. The van der Waals surface area contributed by atoms with Gasteiger partial charge in [0, 0.05) is 12.1 Å². The van der Waals surface area contributed by atoms with E-state index in [1.54, 1.807) is 0 Å². The molecule has 0 aliphatic heterocycles. The Labute approximate surface area is 99.0 Å². The van der Waals surface area contributed by atoms with Crippen LogP contribution in [-0.4, -0.2) is 5.91 Å². The van der Waals surface area contributed by atoms with Gasteiger partial charge in [-0.25, -0.2) is 0 Å². The summed E-state index contributed by atoms with van der Waals surface area (Å²) in [7, 11) is 0. The average molecular weight is 244 g/mol. The van der Waals surface area contributed by atoms with Crippen LogP contribution >= 0.6 is 22.9 Å². The Morgan fingerprint density at radius 1 is 1.67 bits per heavy atom. The largest absolute Gasteiger partial charge is 0.348 e. The number of nitrogens with one attached hydrogen (secondary N) is 1. The third-order valence-corrected chi connectivity index (χ3v) is 3.24. The highest BCUT2D eigenvalue weighted by molar-refractivity contribution is 7.14. The first kappa shape index (κ1) is 12.3. The Kier molecular flexibility index (Phi) is 4.85. The van der Waals surface area contributed by atoms with Gasteiger partial charge in [0.05, 0.1) is 4.34 Å². The van der Waals surface area contributed by atoms with Crippen molar-refractivity contribution < 1.29 is 4.79 Å². The molecule has 1 rings (SSSR count). The molecule has 0 aliphatic carbocycles. The zero-order chi connectivity index (χ0) is 11.3. The molecule has 0 atom stereocenters. The molecule has 15 heavy (non-hydrogen) atoms. The second-order valence-electron chi connectivity index (χ2n) is 3.11. The van der Waals surface area contributed by atoms with Gasteiger partial charge in [0.2, 0.25) is 5.91 Å². The van der Waals surface area contributed by atoms with E-state index >= 15 is 0 Å². The minimum Gasteiger partial charge on any atom is -0.348 e. The number of rotatable bonds is 4. The highest BCUT2D eigenvalue weighted by Crippen LogP contribution is 2.19. The van der Waals surface area contributed by atoms with Crippen LogP contribution in [0.25, 0.3) is 0 Å². The standard InChI is InChI=1S/C11H14ClNOS/c1-3-9(4-2)11(14)13-6-8-5-10(12)15-7-8/h3,5,7H,4,6H2,1-2H3,(H,13,14)/b9-3+. The summed E-state index contributed by atoms with van der Waals surface area (Å²) in [5, 5.41) is 4.80. The first-order chi connectivity index (χ1) is 7.17. The van der Waals surface area contributed by atoms with E-state index in [0.717, 1.165) is 21.9 Å². The Bertz CT molecular complexity index is 370. The lowest BCUT2D eigenvalue weighted by Crippen LogP contribution is -2.23. The summed E-state index contributed by atoms with van der Waals surface area (Å²) in [4.78, 5) is 11.6. The average Bonchev–Trinajstić information content (AvgIpc) is 2.63. The fraction of sp³-hybridized carbons (Fsp3) is 0.364. The number of carbonyl (C=O) groups is 1. The van der Waals surface area contributed by atoms with Gasteiger partial charge in [-0.3, -0.25) is 4.79 Å². The van der Waals surface area contributed by atoms with E-state index in [1.165, 1.54) is 11.3 Å². The monoisotopic (exact) mass is 243 g/mol. The topological polar surface area (TPSA) is 29.1 Å². The van der Waals surface area contributed by atoms with Crippen molar-refractivity contribution in [2.45, 2.75) is 26.8 Å². The van der Waals surface area contributed by atoms with Crippen LogP contribution in [0.5, 0.6) is 0 Å². The van der Waals surface area contributed by atoms with Crippen molar-refractivity contribution >= 4 is 28.8 Å². The number of carbonyl (C=O) groups excluding carboxylic acids is 1. The molecule has 0 saturated heterocycles. The van der Waals surface area contributed by atoms with E-state index < -0.39 is 0 Å². The van der Waals surface area contributed by atoms with Crippen LogP contribution in [0.1, 0.15) is 25.8 Å². The summed E-state index contributed by atoms with van der Waals surface area (Å²) in [6.45, 7) is 4.38. The molecular weight excluding hydrogens is 230 g/mol. The van der Waals surface area contributed by atoms with Crippen molar-refractivity contribution in [1.82, 2.24) is 5.32 Å². The number of halogens is 1. The van der Waals surface area contributed by atoms with Crippen LogP contribution in [0, 0.1) is 0 Å². The third-order valence-electron chi connectivity index (χ3n) is 2.10. The molecule has 0 unspecified atom stereocenters. The lowest BCUT2D eigenvalue weighted by Gasteiger charge is -2.05. The molecule has 0 fully saturated rings. The molecule has 2 nitrogen and oxygen atoms in total. The molecule has 1 N–H and O–H groups in total. The van der Waals surface area contributed by atoms with E-state index in [4.69, 9.17) is 11.6 Å². The number of allylic oxidation sites excluding steroid dienone is 1. The molecule has 0 aromatic carbocycles. The minimum atomic E-state index is 0.00215. The van der Waals surface area contributed by atoms with Crippen molar-refractivity contribution in [2.75, 3.05) is 0 Å². The Hall–Kier alpha value is -0.800. The molecule has 1 aromatic heterocycles. The number of thiophene rings is 1. The third kappa shape index (κ3) is 3.68. The van der Waals surface area contributed by atoms with Crippen LogP contribution in [0.15, 0.2) is 23.1 Å². The summed E-state index contributed by atoms with van der Waals surface area (Å²) in [6, 6.07) is 1.87. The second-order valence-corrected chi connectivity index (χ2v) is 4.65. The van der Waals surface area contributed by atoms with Gasteiger partial charge in [-0.2, -0.15) is 0 Å². The van der Waals surface area contributed by atoms with Gasteiger partial charge >= 0.3 is 0 Å². The zero-order valence-electron chi connectivity index (χ0n) is 8.84. The van der Waals surface area contributed by atoms with E-state index in [0.29, 0.717) is 6.54 Å². The molecule has 0 aliphatic rings. The van der Waals surface area contributed by atoms with Gasteiger partial charge in [-0.05, 0) is 30.4 Å². The quantitative estimate of drug-likeness (QED) is 0.808. The summed E-state index contributed by atoms with van der Waals surface area (Å²) in [5.74, 6) is 0.00215. The van der Waals surface area contributed by atoms with Gasteiger partial charge in [0.15, 0.2) is 0 Å². The van der Waals surface area contributed by atoms with Crippen LogP contribution < -0.4 is 5.32 Å². The number of hydrogen-bond donors (Lipinski definition) is 1. The normalized spacial score (nSPS) is 11.5. The van der Waals surface area contributed by atoms with E-state index in [9.17, 15) is 4.79 Å². The number of amides is 1. The molecule has 0 saturated carbocycles. The maximum absolute atomic E-state index is 11.6. The molecule has 1 heterocycles. The maximum atomic E-state index is 11.6. The fourth-order valence-electron chi connectivity index (χ4n) is 1.23. The smallest absolute Gasteiger partial charge is 0.247 e. The van der Waals surface area contributed by atoms with Crippen LogP contribution in [0.2, 0.25) is 4.34 Å². The minimum absolute atomic E-state index is 0.00215. The lowest BCUT2D eigenvalue weighted by atomic mass is 10.2. The van der Waals surface area contributed by atoms with Gasteiger partial charge in [0.25, 0.3) is 0 Å².